The molecule has 3 nitrogen and oxygen atoms in total. The first-order valence-electron chi connectivity index (χ1n) is 4.36. The molecule has 0 heterocycles. The highest BCUT2D eigenvalue weighted by atomic mass is 127. The summed E-state index contributed by atoms with van der Waals surface area (Å²) in [5.74, 6) is -1.66. The third-order valence-electron chi connectivity index (χ3n) is 2.25. The lowest BCUT2D eigenvalue weighted by molar-refractivity contribution is 0.0698. The van der Waals surface area contributed by atoms with E-state index >= 15 is 0 Å². The van der Waals surface area contributed by atoms with Gasteiger partial charge >= 0.3 is 5.97 Å². The topological polar surface area (TPSA) is 54.4 Å². The number of aromatic carboxylic acids is 1. The maximum Gasteiger partial charge on any atom is 0.337 e. The fourth-order valence-electron chi connectivity index (χ4n) is 1.57. The van der Waals surface area contributed by atoms with Gasteiger partial charge in [0.1, 0.15) is 5.82 Å². The molecule has 0 aromatic heterocycles. The molecule has 0 spiro atoms. The van der Waals surface area contributed by atoms with Crippen molar-refractivity contribution >= 4 is 37.9 Å². The SMILES string of the molecule is O=Ic1ccc2c(F)cccc2c1C(=O)O. The van der Waals surface area contributed by atoms with Crippen molar-refractivity contribution in [3.8, 4) is 0 Å². The Labute approximate surface area is 101 Å². The highest BCUT2D eigenvalue weighted by Crippen LogP contribution is 2.27. The van der Waals surface area contributed by atoms with Gasteiger partial charge in [0.05, 0.1) is 9.13 Å². The highest BCUT2D eigenvalue weighted by molar-refractivity contribution is 14.1. The molecule has 0 aliphatic carbocycles. The maximum atomic E-state index is 13.4. The number of carboxylic acids is 1. The van der Waals surface area contributed by atoms with Crippen molar-refractivity contribution < 1.29 is 17.4 Å². The monoisotopic (exact) mass is 332 g/mol. The van der Waals surface area contributed by atoms with Crippen LogP contribution in [0.1, 0.15) is 10.4 Å². The van der Waals surface area contributed by atoms with Crippen molar-refractivity contribution in [1.29, 1.82) is 0 Å². The average molecular weight is 332 g/mol. The Balaban J connectivity index is 2.95. The third-order valence-corrected chi connectivity index (χ3v) is 3.63. The summed E-state index contributed by atoms with van der Waals surface area (Å²) in [5, 5.41) is 9.57. The standard InChI is InChI=1S/C11H6FIO3/c12-8-3-1-2-7-6(8)4-5-9(13-16)10(7)11(14)15/h1-5H,(H,14,15). The second-order valence-electron chi connectivity index (χ2n) is 3.14. The lowest BCUT2D eigenvalue weighted by atomic mass is 10.0. The Bertz CT molecular complexity index is 595. The van der Waals surface area contributed by atoms with Crippen LogP contribution < -0.4 is 0 Å². The van der Waals surface area contributed by atoms with Crippen molar-refractivity contribution in [3.63, 3.8) is 0 Å². The third kappa shape index (κ3) is 1.71. The van der Waals surface area contributed by atoms with Crippen molar-refractivity contribution in [1.82, 2.24) is 0 Å². The van der Waals surface area contributed by atoms with Gasteiger partial charge in [-0.25, -0.2) is 9.18 Å². The minimum Gasteiger partial charge on any atom is -0.478 e. The molecule has 0 atom stereocenters. The highest BCUT2D eigenvalue weighted by Gasteiger charge is 2.15. The Kier molecular flexibility index (Phi) is 2.95. The van der Waals surface area contributed by atoms with Crippen LogP contribution in [0, 0.1) is 9.39 Å². The number of rotatable bonds is 2. The summed E-state index contributed by atoms with van der Waals surface area (Å²) in [6.45, 7) is 0. The zero-order valence-corrected chi connectivity index (χ0v) is 10.1. The van der Waals surface area contributed by atoms with Gasteiger partial charge in [-0.1, -0.05) is 18.2 Å². The van der Waals surface area contributed by atoms with Gasteiger partial charge in [-0.2, -0.15) is 0 Å². The van der Waals surface area contributed by atoms with Crippen LogP contribution in [0.25, 0.3) is 10.8 Å². The minimum absolute atomic E-state index is 0.0557. The van der Waals surface area contributed by atoms with Crippen LogP contribution in [0.5, 0.6) is 0 Å². The fraction of sp³-hybridized carbons (Fsp3) is 0. The van der Waals surface area contributed by atoms with E-state index in [1.165, 1.54) is 30.3 Å². The Hall–Kier alpha value is -1.37. The Morgan fingerprint density at radius 1 is 1.19 bits per heavy atom. The van der Waals surface area contributed by atoms with Crippen LogP contribution in [-0.4, -0.2) is 11.1 Å². The average Bonchev–Trinajstić information content (AvgIpc) is 2.27. The molecular weight excluding hydrogens is 326 g/mol. The van der Waals surface area contributed by atoms with E-state index in [-0.39, 0.29) is 14.5 Å². The number of hydrogen-bond donors (Lipinski definition) is 1. The van der Waals surface area contributed by atoms with Crippen LogP contribution in [0.3, 0.4) is 0 Å². The van der Waals surface area contributed by atoms with Gasteiger partial charge in [-0.3, -0.25) is 3.07 Å². The summed E-state index contributed by atoms with van der Waals surface area (Å²) >= 11 is -1.58. The van der Waals surface area contributed by atoms with Crippen molar-refractivity contribution in [2.75, 3.05) is 0 Å². The molecule has 5 heteroatoms. The molecule has 16 heavy (non-hydrogen) atoms. The number of carbonyl (C=O) groups is 1. The molecule has 0 amide bonds. The van der Waals surface area contributed by atoms with Gasteiger partial charge in [0, 0.05) is 10.8 Å². The number of benzene rings is 2. The van der Waals surface area contributed by atoms with Gasteiger partial charge in [0.25, 0.3) is 0 Å². The van der Waals surface area contributed by atoms with Crippen LogP contribution in [0.15, 0.2) is 30.3 Å². The van der Waals surface area contributed by atoms with Crippen LogP contribution in [0.4, 0.5) is 4.39 Å². The Morgan fingerprint density at radius 3 is 2.56 bits per heavy atom. The van der Waals surface area contributed by atoms with Crippen LogP contribution >= 0.6 is 21.2 Å². The first-order valence-corrected chi connectivity index (χ1v) is 6.32. The van der Waals surface area contributed by atoms with E-state index < -0.39 is 33.0 Å². The van der Waals surface area contributed by atoms with E-state index in [9.17, 15) is 12.3 Å². The largest absolute Gasteiger partial charge is 0.478 e. The summed E-state index contributed by atoms with van der Waals surface area (Å²) in [7, 11) is 0. The van der Waals surface area contributed by atoms with E-state index in [1.54, 1.807) is 0 Å². The molecule has 2 aromatic rings. The summed E-state index contributed by atoms with van der Waals surface area (Å²) < 4.78 is 24.6. The smallest absolute Gasteiger partial charge is 0.337 e. The van der Waals surface area contributed by atoms with Gasteiger partial charge in [0.15, 0.2) is 21.2 Å². The maximum absolute atomic E-state index is 13.4. The number of fused-ring (bicyclic) bond motifs is 1. The zero-order valence-electron chi connectivity index (χ0n) is 7.91. The lowest BCUT2D eigenvalue weighted by Crippen LogP contribution is -2.01. The van der Waals surface area contributed by atoms with E-state index in [2.05, 4.69) is 0 Å². The first kappa shape index (κ1) is 11.1. The van der Waals surface area contributed by atoms with Gasteiger partial charge < -0.3 is 5.11 Å². The van der Waals surface area contributed by atoms with Gasteiger partial charge in [0.2, 0.25) is 0 Å². The molecule has 2 aromatic carbocycles. The summed E-state index contributed by atoms with van der Waals surface area (Å²) in [6, 6.07) is 7.10. The molecule has 0 radical (unpaired) electrons. The quantitative estimate of drug-likeness (QED) is 0.860. The first-order chi connectivity index (χ1) is 7.65. The number of carboxylic acid groups (broad SMARTS) is 1. The summed E-state index contributed by atoms with van der Waals surface area (Å²) in [6.07, 6.45) is 0. The second kappa shape index (κ2) is 4.25. The Morgan fingerprint density at radius 2 is 1.94 bits per heavy atom. The van der Waals surface area contributed by atoms with Crippen molar-refractivity contribution in [2.45, 2.75) is 0 Å². The summed E-state index contributed by atoms with van der Waals surface area (Å²) in [5.41, 5.74) is -0.0557. The molecule has 0 saturated heterocycles. The number of halogens is 2. The normalized spacial score (nSPS) is 10.6. The van der Waals surface area contributed by atoms with Gasteiger partial charge in [-0.15, -0.1) is 0 Å². The molecule has 0 aliphatic heterocycles. The van der Waals surface area contributed by atoms with E-state index in [0.717, 1.165) is 0 Å². The van der Waals surface area contributed by atoms with Crippen molar-refractivity contribution in [2.24, 2.45) is 0 Å². The molecule has 0 fully saturated rings. The van der Waals surface area contributed by atoms with Crippen molar-refractivity contribution in [3.05, 3.63) is 45.3 Å². The molecule has 0 aliphatic rings. The fourth-order valence-corrected chi connectivity index (χ4v) is 2.64. The predicted molar refractivity (Wildman–Crippen MR) is 64.3 cm³/mol. The van der Waals surface area contributed by atoms with Crippen LogP contribution in [-0.2, 0) is 3.07 Å². The molecule has 82 valence electrons. The minimum atomic E-state index is -1.58. The molecule has 0 bridgehead atoms. The van der Waals surface area contributed by atoms with E-state index in [0.29, 0.717) is 5.39 Å². The zero-order chi connectivity index (χ0) is 11.7. The molecule has 0 saturated carbocycles. The predicted octanol–water partition coefficient (Wildman–Crippen LogP) is 3.16. The van der Waals surface area contributed by atoms with Gasteiger partial charge in [-0.05, 0) is 12.1 Å². The van der Waals surface area contributed by atoms with E-state index in [4.69, 9.17) is 5.11 Å². The van der Waals surface area contributed by atoms with Crippen LogP contribution in [0.2, 0.25) is 0 Å². The molecule has 2 rings (SSSR count). The second-order valence-corrected chi connectivity index (χ2v) is 4.74. The summed E-state index contributed by atoms with van der Waals surface area (Å²) in [4.78, 5) is 11.1. The molecular formula is C11H6FIO3. The number of hydrogen-bond acceptors (Lipinski definition) is 2. The van der Waals surface area contributed by atoms with E-state index in [1.807, 2.05) is 0 Å². The molecule has 0 unspecified atom stereocenters. The lowest BCUT2D eigenvalue weighted by Gasteiger charge is -2.05. The molecule has 1 N–H and O–H groups in total.